The number of halogens is 2. The molecule has 0 aliphatic carbocycles. The topological polar surface area (TPSA) is 135 Å². The number of piperidine rings is 1. The molecule has 11 nitrogen and oxygen atoms in total. The zero-order valence-electron chi connectivity index (χ0n) is 30.0. The molecule has 280 valence electrons. The molecular formula is C39H48Cl2N4O7. The summed E-state index contributed by atoms with van der Waals surface area (Å²) >= 11 is 12.8. The van der Waals surface area contributed by atoms with E-state index in [0.717, 1.165) is 56.4 Å². The molecule has 13 heteroatoms. The van der Waals surface area contributed by atoms with Crippen molar-refractivity contribution in [3.05, 3.63) is 87.4 Å². The van der Waals surface area contributed by atoms with Crippen molar-refractivity contribution in [2.24, 2.45) is 5.73 Å². The molecule has 0 aromatic heterocycles. The second-order valence-corrected chi connectivity index (χ2v) is 14.5. The van der Waals surface area contributed by atoms with E-state index in [9.17, 15) is 19.5 Å². The Morgan fingerprint density at radius 2 is 1.40 bits per heavy atom. The number of methoxy groups -OCH3 is 3. The number of carbonyl (C=O) groups excluding carboxylic acids is 2. The number of primary amides is 1. The Morgan fingerprint density at radius 1 is 0.769 bits per heavy atom. The summed E-state index contributed by atoms with van der Waals surface area (Å²) in [7, 11) is 4.58. The van der Waals surface area contributed by atoms with E-state index in [4.69, 9.17) is 43.1 Å². The molecule has 1 unspecified atom stereocenters. The third-order valence-electron chi connectivity index (χ3n) is 10.9. The molecule has 6 rings (SSSR count). The van der Waals surface area contributed by atoms with Gasteiger partial charge in [-0.2, -0.15) is 0 Å². The van der Waals surface area contributed by atoms with Crippen molar-refractivity contribution in [3.63, 3.8) is 0 Å². The third kappa shape index (κ3) is 8.37. The summed E-state index contributed by atoms with van der Waals surface area (Å²) in [6, 6.07) is 18.4. The van der Waals surface area contributed by atoms with Crippen LogP contribution < -0.4 is 19.9 Å². The number of likely N-dealkylation sites (tertiary alicyclic amines) is 3. The zero-order valence-corrected chi connectivity index (χ0v) is 31.5. The van der Waals surface area contributed by atoms with Crippen LogP contribution in [0.2, 0.25) is 10.0 Å². The first kappa shape index (κ1) is 39.0. The van der Waals surface area contributed by atoms with Crippen LogP contribution in [-0.2, 0) is 15.6 Å². The number of carboxylic acid groups (broad SMARTS) is 1. The molecule has 3 aliphatic rings. The number of urea groups is 1. The highest BCUT2D eigenvalue weighted by atomic mass is 35.5. The number of nitrogens with two attached hydrogens (primary N) is 1. The molecule has 3 saturated heterocycles. The molecule has 0 spiro atoms. The van der Waals surface area contributed by atoms with Gasteiger partial charge in [-0.25, -0.2) is 4.79 Å². The van der Waals surface area contributed by atoms with Crippen LogP contribution in [0, 0.1) is 0 Å². The molecule has 3 aromatic rings. The predicted molar refractivity (Wildman–Crippen MR) is 201 cm³/mol. The Hall–Kier alpha value is -4.19. The number of benzene rings is 3. The van der Waals surface area contributed by atoms with Gasteiger partial charge in [0.25, 0.3) is 5.91 Å². The lowest BCUT2D eigenvalue weighted by molar-refractivity contribution is -0.146. The highest BCUT2D eigenvalue weighted by Gasteiger charge is 2.45. The highest BCUT2D eigenvalue weighted by molar-refractivity contribution is 6.42. The summed E-state index contributed by atoms with van der Waals surface area (Å²) in [5.41, 5.74) is 6.09. The summed E-state index contributed by atoms with van der Waals surface area (Å²) in [4.78, 5) is 42.6. The van der Waals surface area contributed by atoms with Crippen LogP contribution in [-0.4, -0.2) is 105 Å². The van der Waals surface area contributed by atoms with Crippen molar-refractivity contribution in [2.45, 2.75) is 49.4 Å². The van der Waals surface area contributed by atoms with Gasteiger partial charge in [0.15, 0.2) is 11.5 Å². The number of carboxylic acids is 1. The summed E-state index contributed by atoms with van der Waals surface area (Å²) in [5.74, 6) is 0.371. The minimum Gasteiger partial charge on any atom is -0.493 e. The minimum absolute atomic E-state index is 0.127. The van der Waals surface area contributed by atoms with Crippen LogP contribution in [0.5, 0.6) is 17.2 Å². The normalized spacial score (nSPS) is 19.8. The first-order valence-electron chi connectivity index (χ1n) is 17.6. The SMILES string of the molecule is COc1cc(C(=O)N2CCC(CCN3CCC(C(=O)O)(c4ccccc4)CC3)(c3ccc(Cl)c(Cl)c3)C2)cc(OC)c1OC.NC(=O)N1CCCC1. The maximum absolute atomic E-state index is 13.9. The quantitative estimate of drug-likeness (QED) is 0.241. The first-order valence-corrected chi connectivity index (χ1v) is 18.3. The molecule has 0 radical (unpaired) electrons. The number of nitrogens with zero attached hydrogens (tertiary/aromatic N) is 3. The largest absolute Gasteiger partial charge is 0.493 e. The van der Waals surface area contributed by atoms with E-state index < -0.39 is 11.4 Å². The van der Waals surface area contributed by atoms with Crippen molar-refractivity contribution in [3.8, 4) is 17.2 Å². The second-order valence-electron chi connectivity index (χ2n) is 13.7. The molecule has 3 amide bonds. The van der Waals surface area contributed by atoms with E-state index in [1.54, 1.807) is 17.0 Å². The van der Waals surface area contributed by atoms with E-state index in [1.165, 1.54) is 21.3 Å². The Bertz CT molecular complexity index is 1700. The highest BCUT2D eigenvalue weighted by Crippen LogP contribution is 2.43. The molecule has 3 fully saturated rings. The van der Waals surface area contributed by atoms with E-state index >= 15 is 0 Å². The van der Waals surface area contributed by atoms with Crippen molar-refractivity contribution < 1.29 is 33.7 Å². The molecule has 0 saturated carbocycles. The molecule has 0 bridgehead atoms. The van der Waals surface area contributed by atoms with Crippen LogP contribution in [0.25, 0.3) is 0 Å². The number of hydrogen-bond acceptors (Lipinski definition) is 7. The van der Waals surface area contributed by atoms with Crippen LogP contribution in [0.4, 0.5) is 4.79 Å². The molecule has 3 aliphatic heterocycles. The predicted octanol–water partition coefficient (Wildman–Crippen LogP) is 6.47. The fourth-order valence-electron chi connectivity index (χ4n) is 7.69. The summed E-state index contributed by atoms with van der Waals surface area (Å²) < 4.78 is 16.4. The summed E-state index contributed by atoms with van der Waals surface area (Å²) in [6.07, 6.45) is 4.83. The number of hydrogen-bond donors (Lipinski definition) is 2. The van der Waals surface area contributed by atoms with E-state index in [0.29, 0.717) is 71.9 Å². The number of ether oxygens (including phenoxy) is 3. The van der Waals surface area contributed by atoms with Gasteiger partial charge in [0.1, 0.15) is 0 Å². The lowest BCUT2D eigenvalue weighted by Crippen LogP contribution is -2.48. The van der Waals surface area contributed by atoms with Crippen molar-refractivity contribution in [1.82, 2.24) is 14.7 Å². The van der Waals surface area contributed by atoms with Gasteiger partial charge in [-0.1, -0.05) is 59.6 Å². The Labute approximate surface area is 315 Å². The van der Waals surface area contributed by atoms with Gasteiger partial charge in [0, 0.05) is 37.2 Å². The van der Waals surface area contributed by atoms with Crippen LogP contribution in [0.1, 0.15) is 60.0 Å². The summed E-state index contributed by atoms with van der Waals surface area (Å²) in [5, 5.41) is 11.2. The number of aliphatic carboxylic acids is 1. The van der Waals surface area contributed by atoms with Crippen molar-refractivity contribution in [1.29, 1.82) is 0 Å². The molecule has 3 heterocycles. The average Bonchev–Trinajstić information content (AvgIpc) is 3.87. The molecule has 3 N–H and O–H groups in total. The standard InChI is InChI=1S/C34H38Cl2N2O6.C5H10N2O/c1-42-28-19-23(20-29(43-2)30(28)44-3)31(39)38-18-12-33(22-38,25-9-10-26(35)27(36)21-25)11-15-37-16-13-34(14-17-37,32(40)41)24-7-5-4-6-8-24;6-5(8)7-3-1-2-4-7/h4-10,19-21H,11-18,22H2,1-3H3,(H,40,41);1-4H2,(H2,6,8). The van der Waals surface area contributed by atoms with Crippen LogP contribution >= 0.6 is 23.2 Å². The Balaban J connectivity index is 0.000000577. The monoisotopic (exact) mass is 754 g/mol. The van der Waals surface area contributed by atoms with E-state index in [1.807, 2.05) is 53.4 Å². The van der Waals surface area contributed by atoms with Gasteiger partial charge in [-0.15, -0.1) is 0 Å². The molecule has 1 atom stereocenters. The maximum Gasteiger partial charge on any atom is 0.314 e. The fraction of sp³-hybridized carbons (Fsp3) is 0.462. The lowest BCUT2D eigenvalue weighted by Gasteiger charge is -2.40. The van der Waals surface area contributed by atoms with Crippen molar-refractivity contribution in [2.75, 3.05) is 67.1 Å². The molecule has 3 aromatic carbocycles. The summed E-state index contributed by atoms with van der Waals surface area (Å²) in [6.45, 7) is 4.88. The first-order chi connectivity index (χ1) is 25.0. The number of rotatable bonds is 10. The Kier molecular flexibility index (Phi) is 12.8. The van der Waals surface area contributed by atoms with Crippen LogP contribution in [0.3, 0.4) is 0 Å². The molecular weight excluding hydrogens is 707 g/mol. The smallest absolute Gasteiger partial charge is 0.314 e. The molecule has 52 heavy (non-hydrogen) atoms. The maximum atomic E-state index is 13.9. The fourth-order valence-corrected chi connectivity index (χ4v) is 7.99. The van der Waals surface area contributed by atoms with Gasteiger partial charge in [0.2, 0.25) is 5.75 Å². The zero-order chi connectivity index (χ0) is 37.5. The van der Waals surface area contributed by atoms with Gasteiger partial charge in [-0.3, -0.25) is 9.59 Å². The minimum atomic E-state index is -0.879. The lowest BCUT2D eigenvalue weighted by atomic mass is 9.72. The van der Waals surface area contributed by atoms with Gasteiger partial charge in [-0.05, 0) is 93.6 Å². The number of carbonyl (C=O) groups is 3. The van der Waals surface area contributed by atoms with Gasteiger partial charge >= 0.3 is 12.0 Å². The van der Waals surface area contributed by atoms with Crippen molar-refractivity contribution >= 4 is 41.1 Å². The Morgan fingerprint density at radius 3 is 1.92 bits per heavy atom. The number of amides is 3. The van der Waals surface area contributed by atoms with Gasteiger partial charge in [0.05, 0.1) is 36.8 Å². The van der Waals surface area contributed by atoms with Gasteiger partial charge < -0.3 is 39.8 Å². The average molecular weight is 756 g/mol. The third-order valence-corrected chi connectivity index (χ3v) is 11.6. The van der Waals surface area contributed by atoms with E-state index in [2.05, 4.69) is 4.90 Å². The van der Waals surface area contributed by atoms with E-state index in [-0.39, 0.29) is 17.4 Å². The van der Waals surface area contributed by atoms with Crippen LogP contribution in [0.15, 0.2) is 60.7 Å². The second kappa shape index (κ2) is 17.1.